The van der Waals surface area contributed by atoms with Gasteiger partial charge in [0.2, 0.25) is 5.91 Å². The number of benzene rings is 1. The maximum absolute atomic E-state index is 14.2. The van der Waals surface area contributed by atoms with Crippen molar-refractivity contribution in [1.82, 2.24) is 14.8 Å². The molecule has 3 rings (SSSR count). The summed E-state index contributed by atoms with van der Waals surface area (Å²) in [6, 6.07) is 1.47. The minimum atomic E-state index is -1.05. The van der Waals surface area contributed by atoms with Crippen LogP contribution in [0.25, 0.3) is 0 Å². The zero-order valence-corrected chi connectivity index (χ0v) is 15.6. The second-order valence-corrected chi connectivity index (χ2v) is 6.96. The van der Waals surface area contributed by atoms with Gasteiger partial charge in [-0.25, -0.2) is 18.6 Å². The summed E-state index contributed by atoms with van der Waals surface area (Å²) in [6.07, 6.45) is 0.940. The number of carbonyl (C=O) groups is 3. The summed E-state index contributed by atoms with van der Waals surface area (Å²) in [7, 11) is 1.46. The Morgan fingerprint density at radius 3 is 2.79 bits per heavy atom. The van der Waals surface area contributed by atoms with Gasteiger partial charge in [-0.3, -0.25) is 14.5 Å². The Bertz CT molecular complexity index is 907. The molecule has 28 heavy (non-hydrogen) atoms. The molecule has 2 heterocycles. The van der Waals surface area contributed by atoms with Gasteiger partial charge in [-0.1, -0.05) is 0 Å². The molecule has 3 amide bonds. The molecular formula is C17H16F2N4O4S. The first kappa shape index (κ1) is 19.7. The minimum absolute atomic E-state index is 0.159. The van der Waals surface area contributed by atoms with E-state index in [4.69, 9.17) is 4.74 Å². The van der Waals surface area contributed by atoms with Crippen molar-refractivity contribution < 1.29 is 27.9 Å². The molecule has 148 valence electrons. The van der Waals surface area contributed by atoms with Gasteiger partial charge in [0.15, 0.2) is 0 Å². The van der Waals surface area contributed by atoms with Gasteiger partial charge < -0.3 is 15.0 Å². The number of amides is 3. The van der Waals surface area contributed by atoms with Crippen LogP contribution >= 0.6 is 11.3 Å². The van der Waals surface area contributed by atoms with E-state index < -0.39 is 35.1 Å². The van der Waals surface area contributed by atoms with Crippen LogP contribution in [-0.2, 0) is 16.1 Å². The maximum atomic E-state index is 14.2. The molecule has 11 heteroatoms. The lowest BCUT2D eigenvalue weighted by molar-refractivity contribution is -0.116. The Balaban J connectivity index is 1.73. The van der Waals surface area contributed by atoms with Gasteiger partial charge in [0.25, 0.3) is 5.91 Å². The fourth-order valence-corrected chi connectivity index (χ4v) is 3.22. The van der Waals surface area contributed by atoms with E-state index in [0.29, 0.717) is 11.1 Å². The lowest BCUT2D eigenvalue weighted by Gasteiger charge is -2.17. The highest BCUT2D eigenvalue weighted by Crippen LogP contribution is 2.22. The van der Waals surface area contributed by atoms with Crippen molar-refractivity contribution in [3.05, 3.63) is 45.9 Å². The number of carbonyl (C=O) groups excluding carboxylic acids is 3. The third-order valence-corrected chi connectivity index (χ3v) is 4.71. The van der Waals surface area contributed by atoms with Crippen LogP contribution in [0.15, 0.2) is 23.7 Å². The van der Waals surface area contributed by atoms with Crippen molar-refractivity contribution in [3.8, 4) is 0 Å². The smallest absolute Gasteiger partial charge is 0.410 e. The predicted molar refractivity (Wildman–Crippen MR) is 95.8 cm³/mol. The van der Waals surface area contributed by atoms with Gasteiger partial charge in [-0.2, -0.15) is 0 Å². The second kappa shape index (κ2) is 8.30. The topological polar surface area (TPSA) is 91.8 Å². The summed E-state index contributed by atoms with van der Waals surface area (Å²) in [5, 5.41) is 4.66. The SMILES string of the molecule is CN(Cc1nccs1)C(=O)c1cc(NC(=O)CN2CCOC2=O)c(F)cc1F. The Labute approximate surface area is 162 Å². The molecule has 0 atom stereocenters. The largest absolute Gasteiger partial charge is 0.448 e. The second-order valence-electron chi connectivity index (χ2n) is 5.98. The maximum Gasteiger partial charge on any atom is 0.410 e. The normalized spacial score (nSPS) is 13.4. The first-order valence-corrected chi connectivity index (χ1v) is 9.07. The van der Waals surface area contributed by atoms with Gasteiger partial charge in [0, 0.05) is 24.7 Å². The third-order valence-electron chi connectivity index (χ3n) is 3.94. The molecule has 0 aliphatic carbocycles. The molecule has 0 saturated carbocycles. The summed E-state index contributed by atoms with van der Waals surface area (Å²) in [4.78, 5) is 42.4. The highest BCUT2D eigenvalue weighted by molar-refractivity contribution is 7.09. The van der Waals surface area contributed by atoms with E-state index in [2.05, 4.69) is 10.3 Å². The lowest BCUT2D eigenvalue weighted by atomic mass is 10.1. The number of ether oxygens (including phenoxy) is 1. The summed E-state index contributed by atoms with van der Waals surface area (Å²) >= 11 is 1.34. The molecule has 1 fully saturated rings. The molecule has 0 unspecified atom stereocenters. The zero-order chi connectivity index (χ0) is 20.3. The van der Waals surface area contributed by atoms with Crippen LogP contribution in [0.1, 0.15) is 15.4 Å². The Hall–Kier alpha value is -3.08. The molecule has 1 aliphatic rings. The Morgan fingerprint density at radius 1 is 1.36 bits per heavy atom. The first-order chi connectivity index (χ1) is 13.3. The molecule has 2 aromatic rings. The number of cyclic esters (lactones) is 1. The van der Waals surface area contributed by atoms with E-state index in [1.54, 1.807) is 11.6 Å². The summed E-state index contributed by atoms with van der Waals surface area (Å²) < 4.78 is 32.9. The van der Waals surface area contributed by atoms with Crippen molar-refractivity contribution >= 4 is 34.9 Å². The van der Waals surface area contributed by atoms with Crippen LogP contribution in [0.3, 0.4) is 0 Å². The average molecular weight is 410 g/mol. The summed E-state index contributed by atoms with van der Waals surface area (Å²) in [5.74, 6) is -3.46. The van der Waals surface area contributed by atoms with Crippen LogP contribution in [-0.4, -0.2) is 59.4 Å². The number of aromatic nitrogens is 1. The summed E-state index contributed by atoms with van der Waals surface area (Å²) in [5.41, 5.74) is -0.749. The minimum Gasteiger partial charge on any atom is -0.448 e. The van der Waals surface area contributed by atoms with E-state index in [-0.39, 0.29) is 31.9 Å². The molecule has 1 N–H and O–H groups in total. The predicted octanol–water partition coefficient (Wildman–Crippen LogP) is 2.08. The molecule has 1 saturated heterocycles. The fraction of sp³-hybridized carbons (Fsp3) is 0.294. The molecule has 0 radical (unpaired) electrons. The Kier molecular flexibility index (Phi) is 5.83. The number of nitrogens with one attached hydrogen (secondary N) is 1. The molecule has 0 bridgehead atoms. The van der Waals surface area contributed by atoms with E-state index in [0.717, 1.165) is 11.0 Å². The highest BCUT2D eigenvalue weighted by Gasteiger charge is 2.25. The van der Waals surface area contributed by atoms with Crippen molar-refractivity contribution in [2.24, 2.45) is 0 Å². The average Bonchev–Trinajstić information content (AvgIpc) is 3.29. The van der Waals surface area contributed by atoms with Crippen LogP contribution in [0.2, 0.25) is 0 Å². The fourth-order valence-electron chi connectivity index (χ4n) is 2.55. The van der Waals surface area contributed by atoms with E-state index in [9.17, 15) is 23.2 Å². The highest BCUT2D eigenvalue weighted by atomic mass is 32.1. The van der Waals surface area contributed by atoms with Gasteiger partial charge in [-0.15, -0.1) is 11.3 Å². The van der Waals surface area contributed by atoms with Crippen molar-refractivity contribution in [2.45, 2.75) is 6.54 Å². The molecule has 1 aliphatic heterocycles. The number of halogens is 2. The van der Waals surface area contributed by atoms with Crippen LogP contribution in [0.4, 0.5) is 19.3 Å². The van der Waals surface area contributed by atoms with E-state index >= 15 is 0 Å². The zero-order valence-electron chi connectivity index (χ0n) is 14.8. The monoisotopic (exact) mass is 410 g/mol. The molecule has 1 aromatic carbocycles. The standard InChI is InChI=1S/C17H16F2N4O4S/c1-22(9-15-20-2-5-28-15)16(25)10-6-13(12(19)7-11(10)18)21-14(24)8-23-3-4-27-17(23)26/h2,5-7H,3-4,8-9H2,1H3,(H,21,24). The number of hydrogen-bond acceptors (Lipinski definition) is 6. The van der Waals surface area contributed by atoms with Crippen LogP contribution < -0.4 is 5.32 Å². The number of nitrogens with zero attached hydrogens (tertiary/aromatic N) is 3. The summed E-state index contributed by atoms with van der Waals surface area (Å²) in [6.45, 7) is 0.222. The van der Waals surface area contributed by atoms with E-state index in [1.165, 1.54) is 23.3 Å². The first-order valence-electron chi connectivity index (χ1n) is 8.19. The number of rotatable bonds is 6. The van der Waals surface area contributed by atoms with Crippen molar-refractivity contribution in [1.29, 1.82) is 0 Å². The quantitative estimate of drug-likeness (QED) is 0.787. The van der Waals surface area contributed by atoms with E-state index in [1.807, 2.05) is 0 Å². The van der Waals surface area contributed by atoms with Gasteiger partial charge in [0.1, 0.15) is 29.8 Å². The van der Waals surface area contributed by atoms with Crippen molar-refractivity contribution in [2.75, 3.05) is 32.1 Å². The van der Waals surface area contributed by atoms with Gasteiger partial charge >= 0.3 is 6.09 Å². The van der Waals surface area contributed by atoms with Crippen LogP contribution in [0.5, 0.6) is 0 Å². The van der Waals surface area contributed by atoms with Crippen molar-refractivity contribution in [3.63, 3.8) is 0 Å². The number of thiazole rings is 1. The lowest BCUT2D eigenvalue weighted by Crippen LogP contribution is -2.34. The molecule has 1 aromatic heterocycles. The molecule has 8 nitrogen and oxygen atoms in total. The Morgan fingerprint density at radius 2 is 2.14 bits per heavy atom. The number of hydrogen-bond donors (Lipinski definition) is 1. The molecular weight excluding hydrogens is 394 g/mol. The van der Waals surface area contributed by atoms with Gasteiger partial charge in [0.05, 0.1) is 24.3 Å². The van der Waals surface area contributed by atoms with Gasteiger partial charge in [-0.05, 0) is 6.07 Å². The third kappa shape index (κ3) is 4.42. The molecule has 0 spiro atoms. The number of anilines is 1. The van der Waals surface area contributed by atoms with Crippen LogP contribution in [0, 0.1) is 11.6 Å².